The van der Waals surface area contributed by atoms with Gasteiger partial charge in [0, 0.05) is 33.8 Å². The van der Waals surface area contributed by atoms with Gasteiger partial charge in [0.1, 0.15) is 21.8 Å². The molecule has 2 amide bonds. The average molecular weight is 524 g/mol. The van der Waals surface area contributed by atoms with Gasteiger partial charge < -0.3 is 20.6 Å². The first-order chi connectivity index (χ1) is 17.2. The minimum atomic E-state index is -0.856. The van der Waals surface area contributed by atoms with E-state index in [2.05, 4.69) is 20.6 Å². The molecule has 0 saturated carbocycles. The number of nitrogens with zero attached hydrogens (tertiary/aromatic N) is 1. The molecule has 2 aromatic heterocycles. The van der Waals surface area contributed by atoms with E-state index in [4.69, 9.17) is 23.2 Å². The second-order valence-corrected chi connectivity index (χ2v) is 8.79. The molecule has 0 spiro atoms. The predicted molar refractivity (Wildman–Crippen MR) is 139 cm³/mol. The number of hydrogen-bond donors (Lipinski definition) is 4. The Morgan fingerprint density at radius 2 is 1.33 bits per heavy atom. The van der Waals surface area contributed by atoms with Gasteiger partial charge in [-0.15, -0.1) is 0 Å². The third kappa shape index (κ3) is 4.12. The summed E-state index contributed by atoms with van der Waals surface area (Å²) in [5.74, 6) is 0. The van der Waals surface area contributed by atoms with Gasteiger partial charge in [-0.1, -0.05) is 35.3 Å². The highest BCUT2D eigenvalue weighted by Gasteiger charge is 2.22. The number of hydrogen-bond acceptors (Lipinski definition) is 5. The molecule has 4 N–H and O–H groups in total. The highest BCUT2D eigenvalue weighted by atomic mass is 35.5. The zero-order valence-corrected chi connectivity index (χ0v) is 19.7. The molecule has 0 aliphatic heterocycles. The summed E-state index contributed by atoms with van der Waals surface area (Å²) in [4.78, 5) is 69.4. The minimum absolute atomic E-state index is 0.0811. The number of H-pyrrole nitrogens is 2. The quantitative estimate of drug-likeness (QED) is 0.285. The number of carbonyl (C=O) groups excluding carboxylic acids is 1. The molecule has 5 rings (SSSR count). The zero-order chi connectivity index (χ0) is 25.6. The molecule has 180 valence electrons. The first kappa shape index (κ1) is 23.3. The van der Waals surface area contributed by atoms with Crippen molar-refractivity contribution in [2.45, 2.75) is 6.54 Å². The Morgan fingerprint density at radius 1 is 0.778 bits per heavy atom. The van der Waals surface area contributed by atoms with Crippen LogP contribution in [-0.4, -0.2) is 20.6 Å². The van der Waals surface area contributed by atoms with Gasteiger partial charge in [0.05, 0.1) is 6.54 Å². The molecular weight excluding hydrogens is 509 g/mol. The van der Waals surface area contributed by atoms with E-state index in [0.717, 1.165) is 4.57 Å². The molecule has 2 heterocycles. The van der Waals surface area contributed by atoms with Gasteiger partial charge in [0.25, 0.3) is 11.1 Å². The number of rotatable bonds is 4. The minimum Gasteiger partial charge on any atom is -0.355 e. The number of amides is 2. The molecule has 0 unspecified atom stereocenters. The molecule has 10 nitrogen and oxygen atoms in total. The van der Waals surface area contributed by atoms with Crippen molar-refractivity contribution < 1.29 is 4.79 Å². The van der Waals surface area contributed by atoms with Crippen molar-refractivity contribution in [1.29, 1.82) is 0 Å². The van der Waals surface area contributed by atoms with E-state index < -0.39 is 38.8 Å². The molecule has 0 atom stereocenters. The SMILES string of the molecule is O=C(Nc1cc(Cl)cc(Cl)c1)Nc1cccc(Cn2c(=O)c3c(=O)c4[nH]cc[nH]c4c(=O)c3c2=O)c1. The van der Waals surface area contributed by atoms with Crippen molar-refractivity contribution in [1.82, 2.24) is 14.5 Å². The van der Waals surface area contributed by atoms with E-state index in [9.17, 15) is 24.0 Å². The number of carbonyl (C=O) groups is 1. The summed E-state index contributed by atoms with van der Waals surface area (Å²) in [6.07, 6.45) is 2.81. The van der Waals surface area contributed by atoms with E-state index in [1.165, 1.54) is 30.6 Å². The van der Waals surface area contributed by atoms with Gasteiger partial charge in [0.15, 0.2) is 0 Å². The summed E-state index contributed by atoms with van der Waals surface area (Å²) in [5.41, 5.74) is -2.10. The highest BCUT2D eigenvalue weighted by molar-refractivity contribution is 6.35. The Morgan fingerprint density at radius 3 is 1.92 bits per heavy atom. The van der Waals surface area contributed by atoms with E-state index >= 15 is 0 Å². The van der Waals surface area contributed by atoms with Crippen LogP contribution in [-0.2, 0) is 6.54 Å². The third-order valence-electron chi connectivity index (χ3n) is 5.51. The predicted octanol–water partition coefficient (Wildman–Crippen LogP) is 3.33. The number of halogens is 2. The maximum atomic E-state index is 13.0. The summed E-state index contributed by atoms with van der Waals surface area (Å²) >= 11 is 11.9. The largest absolute Gasteiger partial charge is 0.355 e. The number of fused-ring (bicyclic) bond motifs is 2. The van der Waals surface area contributed by atoms with Crippen LogP contribution in [0.4, 0.5) is 16.2 Å². The summed E-state index contributed by atoms with van der Waals surface area (Å²) in [6.45, 7) is -0.212. The van der Waals surface area contributed by atoms with Crippen LogP contribution in [0, 0.1) is 0 Å². The molecule has 0 fully saturated rings. The Balaban J connectivity index is 1.46. The Hall–Kier alpha value is -4.41. The smallest absolute Gasteiger partial charge is 0.323 e. The van der Waals surface area contributed by atoms with Crippen molar-refractivity contribution in [2.75, 3.05) is 10.6 Å². The zero-order valence-electron chi connectivity index (χ0n) is 18.1. The van der Waals surface area contributed by atoms with Crippen molar-refractivity contribution in [3.05, 3.63) is 112 Å². The van der Waals surface area contributed by atoms with Crippen LogP contribution in [0.5, 0.6) is 0 Å². The van der Waals surface area contributed by atoms with Crippen LogP contribution < -0.4 is 32.6 Å². The van der Waals surface area contributed by atoms with E-state index in [-0.39, 0.29) is 17.6 Å². The maximum absolute atomic E-state index is 13.0. The molecule has 0 radical (unpaired) electrons. The van der Waals surface area contributed by atoms with Crippen molar-refractivity contribution in [2.24, 2.45) is 0 Å². The second kappa shape index (κ2) is 8.99. The normalized spacial score (nSPS) is 11.2. The average Bonchev–Trinajstić information content (AvgIpc) is 3.07. The van der Waals surface area contributed by atoms with Crippen LogP contribution in [0.1, 0.15) is 5.56 Å². The number of urea groups is 1. The van der Waals surface area contributed by atoms with Gasteiger partial charge in [-0.2, -0.15) is 0 Å². The topological polar surface area (TPSA) is 146 Å². The molecule has 0 bridgehead atoms. The van der Waals surface area contributed by atoms with Crippen LogP contribution in [0.25, 0.3) is 21.8 Å². The third-order valence-corrected chi connectivity index (χ3v) is 5.95. The Kier molecular flexibility index (Phi) is 5.83. The number of nitrogens with one attached hydrogen (secondary N) is 4. The monoisotopic (exact) mass is 523 g/mol. The summed E-state index contributed by atoms with van der Waals surface area (Å²) in [5, 5.41) is 5.04. The lowest BCUT2D eigenvalue weighted by Gasteiger charge is -2.10. The number of benzene rings is 3. The lowest BCUT2D eigenvalue weighted by Crippen LogP contribution is -2.27. The van der Waals surface area contributed by atoms with Gasteiger partial charge >= 0.3 is 6.03 Å². The number of aromatic amines is 2. The summed E-state index contributed by atoms with van der Waals surface area (Å²) in [7, 11) is 0. The Bertz CT molecular complexity index is 1810. The van der Waals surface area contributed by atoms with Crippen LogP contribution >= 0.6 is 23.2 Å². The maximum Gasteiger partial charge on any atom is 0.323 e. The molecule has 0 aliphatic carbocycles. The first-order valence-electron chi connectivity index (χ1n) is 10.5. The van der Waals surface area contributed by atoms with Crippen molar-refractivity contribution in [3.8, 4) is 0 Å². The second-order valence-electron chi connectivity index (χ2n) is 7.91. The van der Waals surface area contributed by atoms with E-state index in [1.54, 1.807) is 24.3 Å². The van der Waals surface area contributed by atoms with Crippen LogP contribution in [0.3, 0.4) is 0 Å². The van der Waals surface area contributed by atoms with Gasteiger partial charge in [-0.25, -0.2) is 4.79 Å². The van der Waals surface area contributed by atoms with Crippen LogP contribution in [0.15, 0.2) is 74.0 Å². The van der Waals surface area contributed by atoms with Gasteiger partial charge in [-0.05, 0) is 35.9 Å². The molecule has 3 aromatic carbocycles. The summed E-state index contributed by atoms with van der Waals surface area (Å²) in [6, 6.07) is 10.4. The molecule has 0 saturated heterocycles. The fourth-order valence-corrected chi connectivity index (χ4v) is 4.52. The van der Waals surface area contributed by atoms with Gasteiger partial charge in [0.2, 0.25) is 10.9 Å². The number of aromatic nitrogens is 3. The van der Waals surface area contributed by atoms with Crippen molar-refractivity contribution in [3.63, 3.8) is 0 Å². The summed E-state index contributed by atoms with van der Waals surface area (Å²) < 4.78 is 0.833. The van der Waals surface area contributed by atoms with Gasteiger partial charge in [-0.3, -0.25) is 23.7 Å². The lowest BCUT2D eigenvalue weighted by atomic mass is 10.1. The van der Waals surface area contributed by atoms with Crippen LogP contribution in [0.2, 0.25) is 10.0 Å². The molecular formula is C24H15Cl2N5O5. The molecule has 12 heteroatoms. The van der Waals surface area contributed by atoms with Crippen molar-refractivity contribution >= 4 is 62.4 Å². The Labute approximate surface area is 210 Å². The molecule has 5 aromatic rings. The molecule has 36 heavy (non-hydrogen) atoms. The number of anilines is 2. The van der Waals surface area contributed by atoms with E-state index in [0.29, 0.717) is 27.0 Å². The fraction of sp³-hybridized carbons (Fsp3) is 0.0417. The van der Waals surface area contributed by atoms with E-state index in [1.807, 2.05) is 0 Å². The standard InChI is InChI=1S/C24H15Cl2N5O5/c25-12-7-13(26)9-15(8-12)30-24(36)29-14-3-1-2-11(6-14)10-31-22(34)16-17(23(31)35)21(33)19-18(20(16)32)27-4-5-28-19/h1-9,27-28H,10H2,(H2,29,30,36). The lowest BCUT2D eigenvalue weighted by molar-refractivity contribution is 0.262. The first-order valence-corrected chi connectivity index (χ1v) is 11.2. The molecule has 0 aliphatic rings. The fourth-order valence-electron chi connectivity index (χ4n) is 3.99. The highest BCUT2D eigenvalue weighted by Crippen LogP contribution is 2.22.